The molecule has 0 saturated heterocycles. The molecule has 0 atom stereocenters. The molecule has 0 aliphatic carbocycles. The van der Waals surface area contributed by atoms with Gasteiger partial charge in [0.25, 0.3) is 0 Å². The second kappa shape index (κ2) is 10.6. The topological polar surface area (TPSA) is 89.3 Å². The van der Waals surface area contributed by atoms with Gasteiger partial charge in [0.05, 0.1) is 23.5 Å². The smallest absolute Gasteiger partial charge is 0.232 e. The molecule has 8 heteroatoms. The zero-order valence-electron chi connectivity index (χ0n) is 19.7. The molecule has 0 N–H and O–H groups in total. The van der Waals surface area contributed by atoms with Crippen LogP contribution in [0.5, 0.6) is 11.6 Å². The molecule has 0 amide bonds. The minimum atomic E-state index is -3.36. The molecule has 4 rings (SSSR count). The van der Waals surface area contributed by atoms with Crippen LogP contribution in [0.3, 0.4) is 0 Å². The number of hydrogen-bond donors (Lipinski definition) is 0. The van der Waals surface area contributed by atoms with Crippen molar-refractivity contribution in [2.75, 3.05) is 12.9 Å². The number of benzene rings is 3. The molecule has 6 nitrogen and oxygen atoms in total. The minimum absolute atomic E-state index is 0.00641. The number of nitrogens with zero attached hydrogens (tertiary/aromatic N) is 2. The fourth-order valence-corrected chi connectivity index (χ4v) is 4.50. The van der Waals surface area contributed by atoms with Gasteiger partial charge in [-0.3, -0.25) is 0 Å². The standard InChI is InChI=1S/C28H23FN2O4S/c1-3-36(32,33)25-14-8-20(9-15-25)26-16-22(17-30)28(31-27(26)21-6-10-23(29)11-7-21)35-18-19-4-12-24(34-2)13-5-19/h4-16H,3,18H2,1-2H3. The Hall–Kier alpha value is -4.22. The number of hydrogen-bond acceptors (Lipinski definition) is 6. The Labute approximate surface area is 209 Å². The third-order valence-corrected chi connectivity index (χ3v) is 7.42. The van der Waals surface area contributed by atoms with Gasteiger partial charge < -0.3 is 9.47 Å². The molecule has 0 aliphatic rings. The zero-order chi connectivity index (χ0) is 25.7. The van der Waals surface area contributed by atoms with Crippen molar-refractivity contribution in [2.24, 2.45) is 0 Å². The van der Waals surface area contributed by atoms with E-state index in [0.717, 1.165) is 11.3 Å². The average Bonchev–Trinajstić information content (AvgIpc) is 2.92. The average molecular weight is 503 g/mol. The molecule has 0 spiro atoms. The van der Waals surface area contributed by atoms with Gasteiger partial charge in [-0.15, -0.1) is 0 Å². The molecule has 0 saturated carbocycles. The van der Waals surface area contributed by atoms with Gasteiger partial charge in [-0.1, -0.05) is 31.2 Å². The van der Waals surface area contributed by atoms with Gasteiger partial charge in [-0.25, -0.2) is 17.8 Å². The molecule has 0 fully saturated rings. The Morgan fingerprint density at radius 3 is 2.17 bits per heavy atom. The van der Waals surface area contributed by atoms with E-state index in [1.807, 2.05) is 24.3 Å². The molecule has 182 valence electrons. The summed E-state index contributed by atoms with van der Waals surface area (Å²) in [5, 5.41) is 9.82. The van der Waals surface area contributed by atoms with Gasteiger partial charge in [0.1, 0.15) is 29.8 Å². The SMILES string of the molecule is CCS(=O)(=O)c1ccc(-c2cc(C#N)c(OCc3ccc(OC)cc3)nc2-c2ccc(F)cc2)cc1. The molecule has 1 heterocycles. The summed E-state index contributed by atoms with van der Waals surface area (Å²) in [7, 11) is -1.77. The quantitative estimate of drug-likeness (QED) is 0.302. The lowest BCUT2D eigenvalue weighted by Gasteiger charge is -2.15. The summed E-state index contributed by atoms with van der Waals surface area (Å²) >= 11 is 0. The van der Waals surface area contributed by atoms with Gasteiger partial charge >= 0.3 is 0 Å². The normalized spacial score (nSPS) is 11.1. The van der Waals surface area contributed by atoms with E-state index in [-0.39, 0.29) is 34.5 Å². The van der Waals surface area contributed by atoms with Gasteiger partial charge in [0.2, 0.25) is 5.88 Å². The molecule has 4 aromatic rings. The first-order valence-corrected chi connectivity index (χ1v) is 12.8. The van der Waals surface area contributed by atoms with Crippen LogP contribution in [0.1, 0.15) is 18.1 Å². The maximum atomic E-state index is 13.6. The van der Waals surface area contributed by atoms with E-state index >= 15 is 0 Å². The van der Waals surface area contributed by atoms with Gasteiger partial charge in [-0.05, 0) is 65.7 Å². The van der Waals surface area contributed by atoms with Crippen LogP contribution in [0.4, 0.5) is 4.39 Å². The highest BCUT2D eigenvalue weighted by Crippen LogP contribution is 2.35. The molecular weight excluding hydrogens is 479 g/mol. The number of pyridine rings is 1. The van der Waals surface area contributed by atoms with Crippen LogP contribution in [0.25, 0.3) is 22.4 Å². The number of aromatic nitrogens is 1. The molecule has 1 aromatic heterocycles. The van der Waals surface area contributed by atoms with Crippen molar-refractivity contribution in [3.05, 3.63) is 95.8 Å². The lowest BCUT2D eigenvalue weighted by atomic mass is 9.98. The van der Waals surface area contributed by atoms with Crippen molar-refractivity contribution < 1.29 is 22.3 Å². The summed E-state index contributed by atoms with van der Waals surface area (Å²) in [4.78, 5) is 4.86. The molecule has 0 bridgehead atoms. The van der Waals surface area contributed by atoms with E-state index in [1.165, 1.54) is 24.3 Å². The maximum Gasteiger partial charge on any atom is 0.232 e. The number of halogens is 1. The predicted molar refractivity (Wildman–Crippen MR) is 135 cm³/mol. The first-order chi connectivity index (χ1) is 17.3. The fourth-order valence-electron chi connectivity index (χ4n) is 3.62. The van der Waals surface area contributed by atoms with Crippen molar-refractivity contribution in [3.8, 4) is 40.1 Å². The van der Waals surface area contributed by atoms with Crippen molar-refractivity contribution >= 4 is 9.84 Å². The molecule has 0 radical (unpaired) electrons. The van der Waals surface area contributed by atoms with Crippen LogP contribution in [0.15, 0.2) is 83.8 Å². The Morgan fingerprint density at radius 2 is 1.58 bits per heavy atom. The Bertz CT molecular complexity index is 1510. The van der Waals surface area contributed by atoms with E-state index in [4.69, 9.17) is 9.47 Å². The molecule has 36 heavy (non-hydrogen) atoms. The summed E-state index contributed by atoms with van der Waals surface area (Å²) in [5.74, 6) is 0.462. The van der Waals surface area contributed by atoms with Crippen molar-refractivity contribution in [1.82, 2.24) is 4.98 Å². The van der Waals surface area contributed by atoms with Crippen LogP contribution in [-0.4, -0.2) is 26.3 Å². The predicted octanol–water partition coefficient (Wildman–Crippen LogP) is 5.81. The van der Waals surface area contributed by atoms with E-state index in [0.29, 0.717) is 22.4 Å². The minimum Gasteiger partial charge on any atom is -0.497 e. The largest absolute Gasteiger partial charge is 0.497 e. The monoisotopic (exact) mass is 502 g/mol. The molecule has 0 unspecified atom stereocenters. The van der Waals surface area contributed by atoms with Crippen LogP contribution in [-0.2, 0) is 16.4 Å². The number of nitriles is 1. The zero-order valence-corrected chi connectivity index (χ0v) is 20.5. The van der Waals surface area contributed by atoms with Crippen molar-refractivity contribution in [1.29, 1.82) is 5.26 Å². The van der Waals surface area contributed by atoms with E-state index in [1.54, 1.807) is 44.4 Å². The van der Waals surface area contributed by atoms with Crippen LogP contribution < -0.4 is 9.47 Å². The first-order valence-electron chi connectivity index (χ1n) is 11.1. The van der Waals surface area contributed by atoms with Crippen molar-refractivity contribution in [3.63, 3.8) is 0 Å². The van der Waals surface area contributed by atoms with Crippen LogP contribution in [0, 0.1) is 17.1 Å². The number of methoxy groups -OCH3 is 1. The number of ether oxygens (including phenoxy) is 2. The van der Waals surface area contributed by atoms with Crippen LogP contribution in [0.2, 0.25) is 0 Å². The first kappa shape index (κ1) is 24.9. The van der Waals surface area contributed by atoms with Gasteiger partial charge in [0, 0.05) is 11.1 Å². The van der Waals surface area contributed by atoms with E-state index < -0.39 is 9.84 Å². The third-order valence-electron chi connectivity index (χ3n) is 5.66. The summed E-state index contributed by atoms with van der Waals surface area (Å²) in [6.45, 7) is 1.76. The Morgan fingerprint density at radius 1 is 0.944 bits per heavy atom. The van der Waals surface area contributed by atoms with E-state index in [2.05, 4.69) is 11.1 Å². The Kier molecular flexibility index (Phi) is 7.32. The highest BCUT2D eigenvalue weighted by atomic mass is 32.2. The molecule has 0 aliphatic heterocycles. The highest BCUT2D eigenvalue weighted by Gasteiger charge is 2.18. The lowest BCUT2D eigenvalue weighted by Crippen LogP contribution is -2.04. The lowest BCUT2D eigenvalue weighted by molar-refractivity contribution is 0.293. The molecular formula is C28H23FN2O4S. The van der Waals surface area contributed by atoms with Gasteiger partial charge in [0.15, 0.2) is 9.84 Å². The van der Waals surface area contributed by atoms with Crippen molar-refractivity contribution in [2.45, 2.75) is 18.4 Å². The summed E-state index contributed by atoms with van der Waals surface area (Å²) < 4.78 is 49.2. The maximum absolute atomic E-state index is 13.6. The second-order valence-corrected chi connectivity index (χ2v) is 10.2. The summed E-state index contributed by atoms with van der Waals surface area (Å²) in [6, 6.07) is 23.4. The van der Waals surface area contributed by atoms with Gasteiger partial charge in [-0.2, -0.15) is 5.26 Å². The summed E-state index contributed by atoms with van der Waals surface area (Å²) in [5.41, 5.74) is 3.43. The second-order valence-electron chi connectivity index (χ2n) is 7.92. The van der Waals surface area contributed by atoms with Crippen LogP contribution >= 0.6 is 0 Å². The molecule has 3 aromatic carbocycles. The number of sulfone groups is 1. The fraction of sp³-hybridized carbons (Fsp3) is 0.143. The Balaban J connectivity index is 1.77. The van der Waals surface area contributed by atoms with E-state index in [9.17, 15) is 18.1 Å². The number of rotatable bonds is 8. The summed E-state index contributed by atoms with van der Waals surface area (Å²) in [6.07, 6.45) is 0. The highest BCUT2D eigenvalue weighted by molar-refractivity contribution is 7.91. The third kappa shape index (κ3) is 5.37.